The first-order chi connectivity index (χ1) is 10.8. The molecule has 0 bridgehead atoms. The zero-order valence-corrected chi connectivity index (χ0v) is 14.9. The van der Waals surface area contributed by atoms with E-state index in [2.05, 4.69) is 55.5 Å². The van der Waals surface area contributed by atoms with Gasteiger partial charge in [-0.2, -0.15) is 11.3 Å². The van der Waals surface area contributed by atoms with Crippen molar-refractivity contribution in [3.05, 3.63) is 56.6 Å². The lowest BCUT2D eigenvalue weighted by atomic mass is 9.85. The van der Waals surface area contributed by atoms with Gasteiger partial charge in [-0.1, -0.05) is 19.3 Å². The molecule has 0 saturated heterocycles. The summed E-state index contributed by atoms with van der Waals surface area (Å²) in [5.74, 6) is 0.640. The Hall–Kier alpha value is -1.13. The zero-order valence-electron chi connectivity index (χ0n) is 12.5. The molecule has 114 valence electrons. The number of hydrogen-bond donors (Lipinski definition) is 0. The van der Waals surface area contributed by atoms with Gasteiger partial charge in [-0.25, -0.2) is 4.98 Å². The standard InChI is InChI=1S/C18H19BrN2S/c19-15-6-7-17-20-18(14-4-2-1-3-5-14)16(21(17)11-15)10-13-8-9-22-12-13/h6-9,11-12,14H,1-5,10H2. The highest BCUT2D eigenvalue weighted by molar-refractivity contribution is 9.10. The summed E-state index contributed by atoms with van der Waals surface area (Å²) in [6.45, 7) is 0. The SMILES string of the molecule is Brc1ccc2nc(C3CCCCC3)c(Cc3ccsc3)n2c1. The number of aromatic nitrogens is 2. The number of fused-ring (bicyclic) bond motifs is 1. The molecule has 0 aliphatic heterocycles. The molecule has 0 radical (unpaired) electrons. The van der Waals surface area contributed by atoms with Crippen LogP contribution in [0, 0.1) is 0 Å². The molecule has 3 heterocycles. The van der Waals surface area contributed by atoms with Crippen LogP contribution in [-0.2, 0) is 6.42 Å². The Bertz CT molecular complexity index is 770. The normalized spacial score (nSPS) is 16.4. The number of halogens is 1. The molecule has 2 nitrogen and oxygen atoms in total. The van der Waals surface area contributed by atoms with Crippen molar-refractivity contribution < 1.29 is 0 Å². The topological polar surface area (TPSA) is 17.3 Å². The first-order valence-corrected chi connectivity index (χ1v) is 9.72. The average Bonchev–Trinajstić information content (AvgIpc) is 3.17. The summed E-state index contributed by atoms with van der Waals surface area (Å²) in [7, 11) is 0. The van der Waals surface area contributed by atoms with Gasteiger partial charge in [-0.15, -0.1) is 0 Å². The highest BCUT2D eigenvalue weighted by Crippen LogP contribution is 2.35. The highest BCUT2D eigenvalue weighted by Gasteiger charge is 2.23. The van der Waals surface area contributed by atoms with Crippen molar-refractivity contribution >= 4 is 32.9 Å². The summed E-state index contributed by atoms with van der Waals surface area (Å²) in [5, 5.41) is 4.41. The highest BCUT2D eigenvalue weighted by atomic mass is 79.9. The van der Waals surface area contributed by atoms with Crippen LogP contribution in [0.15, 0.2) is 39.6 Å². The molecule has 1 aliphatic rings. The molecular formula is C18H19BrN2S. The monoisotopic (exact) mass is 374 g/mol. The van der Waals surface area contributed by atoms with E-state index in [9.17, 15) is 0 Å². The molecule has 3 aromatic heterocycles. The van der Waals surface area contributed by atoms with E-state index < -0.39 is 0 Å². The Morgan fingerprint density at radius 2 is 2.05 bits per heavy atom. The van der Waals surface area contributed by atoms with Crippen LogP contribution >= 0.6 is 27.3 Å². The molecule has 4 heteroatoms. The Morgan fingerprint density at radius 1 is 1.18 bits per heavy atom. The molecule has 1 aliphatic carbocycles. The van der Waals surface area contributed by atoms with E-state index in [1.807, 2.05) is 0 Å². The quantitative estimate of drug-likeness (QED) is 0.566. The van der Waals surface area contributed by atoms with E-state index in [1.54, 1.807) is 11.3 Å². The number of thiophene rings is 1. The lowest BCUT2D eigenvalue weighted by Gasteiger charge is -2.21. The maximum atomic E-state index is 5.00. The van der Waals surface area contributed by atoms with E-state index in [4.69, 9.17) is 4.98 Å². The third-order valence-electron chi connectivity index (χ3n) is 4.66. The van der Waals surface area contributed by atoms with Crippen molar-refractivity contribution in [3.8, 4) is 0 Å². The van der Waals surface area contributed by atoms with Crippen molar-refractivity contribution in [3.63, 3.8) is 0 Å². The second-order valence-corrected chi connectivity index (χ2v) is 7.86. The van der Waals surface area contributed by atoms with Gasteiger partial charge < -0.3 is 4.40 Å². The van der Waals surface area contributed by atoms with Crippen LogP contribution in [0.25, 0.3) is 5.65 Å². The third kappa shape index (κ3) is 2.74. The van der Waals surface area contributed by atoms with Crippen molar-refractivity contribution in [2.45, 2.75) is 44.4 Å². The summed E-state index contributed by atoms with van der Waals surface area (Å²) >= 11 is 5.38. The molecule has 22 heavy (non-hydrogen) atoms. The molecule has 1 fully saturated rings. The lowest BCUT2D eigenvalue weighted by Crippen LogP contribution is -2.08. The van der Waals surface area contributed by atoms with Gasteiger partial charge >= 0.3 is 0 Å². The minimum Gasteiger partial charge on any atom is -0.302 e. The van der Waals surface area contributed by atoms with Gasteiger partial charge in [0.1, 0.15) is 5.65 Å². The van der Waals surface area contributed by atoms with Crippen molar-refractivity contribution in [2.75, 3.05) is 0 Å². The second kappa shape index (κ2) is 6.17. The van der Waals surface area contributed by atoms with E-state index in [0.717, 1.165) is 16.5 Å². The Labute approximate surface area is 143 Å². The number of nitrogens with zero attached hydrogens (tertiary/aromatic N) is 2. The van der Waals surface area contributed by atoms with Gasteiger partial charge in [0, 0.05) is 23.0 Å². The fourth-order valence-corrected chi connectivity index (χ4v) is 4.56. The molecular weight excluding hydrogens is 356 g/mol. The van der Waals surface area contributed by atoms with Crippen LogP contribution < -0.4 is 0 Å². The number of rotatable bonds is 3. The molecule has 0 aromatic carbocycles. The number of pyridine rings is 1. The molecule has 0 spiro atoms. The fourth-order valence-electron chi connectivity index (χ4n) is 3.55. The van der Waals surface area contributed by atoms with Crippen LogP contribution in [0.5, 0.6) is 0 Å². The van der Waals surface area contributed by atoms with Gasteiger partial charge in [-0.05, 0) is 63.3 Å². The Kier molecular flexibility index (Phi) is 4.05. The van der Waals surface area contributed by atoms with Crippen LogP contribution in [0.3, 0.4) is 0 Å². The molecule has 1 saturated carbocycles. The predicted octanol–water partition coefficient (Wildman–Crippen LogP) is 5.80. The summed E-state index contributed by atoms with van der Waals surface area (Å²) in [6, 6.07) is 6.43. The van der Waals surface area contributed by atoms with Gasteiger partial charge in [0.2, 0.25) is 0 Å². The Morgan fingerprint density at radius 3 is 2.82 bits per heavy atom. The van der Waals surface area contributed by atoms with Gasteiger partial charge in [0.05, 0.1) is 11.4 Å². The lowest BCUT2D eigenvalue weighted by molar-refractivity contribution is 0.436. The first kappa shape index (κ1) is 14.5. The summed E-state index contributed by atoms with van der Waals surface area (Å²) in [5.41, 5.74) is 5.18. The molecule has 0 atom stereocenters. The van der Waals surface area contributed by atoms with Crippen LogP contribution in [0.1, 0.15) is 55.0 Å². The van der Waals surface area contributed by atoms with E-state index in [-0.39, 0.29) is 0 Å². The first-order valence-electron chi connectivity index (χ1n) is 7.99. The van der Waals surface area contributed by atoms with E-state index >= 15 is 0 Å². The molecule has 3 aromatic rings. The fraction of sp³-hybridized carbons (Fsp3) is 0.389. The van der Waals surface area contributed by atoms with Crippen molar-refractivity contribution in [1.82, 2.24) is 9.38 Å². The average molecular weight is 375 g/mol. The molecule has 0 unspecified atom stereocenters. The minimum absolute atomic E-state index is 0.640. The molecule has 4 rings (SSSR count). The van der Waals surface area contributed by atoms with E-state index in [1.165, 1.54) is 49.1 Å². The molecule has 0 amide bonds. The zero-order chi connectivity index (χ0) is 14.9. The maximum absolute atomic E-state index is 5.00. The summed E-state index contributed by atoms with van der Waals surface area (Å²) in [6.07, 6.45) is 9.81. The summed E-state index contributed by atoms with van der Waals surface area (Å²) in [4.78, 5) is 5.00. The van der Waals surface area contributed by atoms with Gasteiger partial charge in [-0.3, -0.25) is 0 Å². The minimum atomic E-state index is 0.640. The van der Waals surface area contributed by atoms with Gasteiger partial charge in [0.25, 0.3) is 0 Å². The van der Waals surface area contributed by atoms with Crippen molar-refractivity contribution in [1.29, 1.82) is 0 Å². The van der Waals surface area contributed by atoms with E-state index in [0.29, 0.717) is 5.92 Å². The molecule has 0 N–H and O–H groups in total. The van der Waals surface area contributed by atoms with Crippen molar-refractivity contribution in [2.24, 2.45) is 0 Å². The van der Waals surface area contributed by atoms with Gasteiger partial charge in [0.15, 0.2) is 0 Å². The Balaban J connectivity index is 1.82. The number of imidazole rings is 1. The third-order valence-corrected chi connectivity index (χ3v) is 5.86. The second-order valence-electron chi connectivity index (χ2n) is 6.16. The van der Waals surface area contributed by atoms with Crippen LogP contribution in [-0.4, -0.2) is 9.38 Å². The maximum Gasteiger partial charge on any atom is 0.137 e. The number of hydrogen-bond acceptors (Lipinski definition) is 2. The van der Waals surface area contributed by atoms with Crippen LogP contribution in [0.4, 0.5) is 0 Å². The largest absolute Gasteiger partial charge is 0.302 e. The van der Waals surface area contributed by atoms with Crippen LogP contribution in [0.2, 0.25) is 0 Å². The summed E-state index contributed by atoms with van der Waals surface area (Å²) < 4.78 is 3.39. The predicted molar refractivity (Wildman–Crippen MR) is 95.8 cm³/mol. The smallest absolute Gasteiger partial charge is 0.137 e.